The topological polar surface area (TPSA) is 101 Å². The normalized spacial score (nSPS) is 13.3. The Balaban J connectivity index is 1.58. The number of nitrogens with two attached hydrogens (primary N) is 1. The standard InChI is InChI=1S/C25H25N3O4S/c1-27(17-18-7-4-9-20(15-18)24(26)29)25(30)21-10-5-12-22(16-21)33(31,32)28-14-6-11-19-8-2-3-13-23(19)28/h2-5,7-10,12-13,15-16H,6,11,14,17H2,1H3,(H2,26,29). The summed E-state index contributed by atoms with van der Waals surface area (Å²) in [4.78, 5) is 26.0. The van der Waals surface area contributed by atoms with Crippen molar-refractivity contribution in [3.8, 4) is 0 Å². The molecular weight excluding hydrogens is 438 g/mol. The van der Waals surface area contributed by atoms with E-state index in [4.69, 9.17) is 5.73 Å². The van der Waals surface area contributed by atoms with Gasteiger partial charge < -0.3 is 10.6 Å². The molecule has 1 aliphatic heterocycles. The molecule has 0 saturated carbocycles. The number of nitrogens with zero attached hydrogens (tertiary/aromatic N) is 2. The van der Waals surface area contributed by atoms with E-state index in [1.807, 2.05) is 24.3 Å². The maximum Gasteiger partial charge on any atom is 0.264 e. The Morgan fingerprint density at radius 2 is 1.70 bits per heavy atom. The van der Waals surface area contributed by atoms with Gasteiger partial charge in [0.1, 0.15) is 0 Å². The van der Waals surface area contributed by atoms with Gasteiger partial charge in [-0.3, -0.25) is 13.9 Å². The van der Waals surface area contributed by atoms with Gasteiger partial charge in [0.25, 0.3) is 15.9 Å². The number of amides is 2. The van der Waals surface area contributed by atoms with Crippen LogP contribution < -0.4 is 10.0 Å². The first-order valence-electron chi connectivity index (χ1n) is 10.6. The average Bonchev–Trinajstić information content (AvgIpc) is 2.83. The molecule has 0 aliphatic carbocycles. The number of hydrogen-bond acceptors (Lipinski definition) is 4. The summed E-state index contributed by atoms with van der Waals surface area (Å²) in [6.45, 7) is 0.643. The fourth-order valence-corrected chi connectivity index (χ4v) is 5.64. The van der Waals surface area contributed by atoms with Crippen LogP contribution in [0.5, 0.6) is 0 Å². The molecule has 0 unspecified atom stereocenters. The van der Waals surface area contributed by atoms with Gasteiger partial charge in [0.05, 0.1) is 10.6 Å². The lowest BCUT2D eigenvalue weighted by atomic mass is 10.0. The van der Waals surface area contributed by atoms with Gasteiger partial charge in [-0.1, -0.05) is 36.4 Å². The van der Waals surface area contributed by atoms with E-state index in [0.717, 1.165) is 24.0 Å². The highest BCUT2D eigenvalue weighted by molar-refractivity contribution is 7.92. The van der Waals surface area contributed by atoms with Gasteiger partial charge in [0.2, 0.25) is 5.91 Å². The van der Waals surface area contributed by atoms with Crippen molar-refractivity contribution in [2.24, 2.45) is 5.73 Å². The van der Waals surface area contributed by atoms with Crippen LogP contribution in [0.1, 0.15) is 38.3 Å². The third-order valence-electron chi connectivity index (χ3n) is 5.71. The van der Waals surface area contributed by atoms with Crippen molar-refractivity contribution >= 4 is 27.5 Å². The Bertz CT molecular complexity index is 1320. The molecule has 3 aromatic carbocycles. The Kier molecular flexibility index (Phi) is 6.20. The monoisotopic (exact) mass is 463 g/mol. The van der Waals surface area contributed by atoms with E-state index in [1.165, 1.54) is 21.3 Å². The molecule has 0 spiro atoms. The first kappa shape index (κ1) is 22.5. The minimum absolute atomic E-state index is 0.0779. The maximum absolute atomic E-state index is 13.4. The number of carbonyl (C=O) groups excluding carboxylic acids is 2. The number of sulfonamides is 1. The first-order chi connectivity index (χ1) is 15.8. The molecule has 7 nitrogen and oxygen atoms in total. The first-order valence-corrected chi connectivity index (χ1v) is 12.1. The predicted molar refractivity (Wildman–Crippen MR) is 126 cm³/mol. The third kappa shape index (κ3) is 4.61. The van der Waals surface area contributed by atoms with Crippen LogP contribution in [0.3, 0.4) is 0 Å². The van der Waals surface area contributed by atoms with Crippen LogP contribution in [0.25, 0.3) is 0 Å². The lowest BCUT2D eigenvalue weighted by Gasteiger charge is -2.30. The van der Waals surface area contributed by atoms with Crippen LogP contribution in [-0.2, 0) is 23.0 Å². The molecule has 0 fully saturated rings. The third-order valence-corrected chi connectivity index (χ3v) is 7.52. The number of rotatable bonds is 6. The van der Waals surface area contributed by atoms with Gasteiger partial charge in [-0.25, -0.2) is 8.42 Å². The molecule has 0 atom stereocenters. The molecule has 2 amide bonds. The van der Waals surface area contributed by atoms with E-state index < -0.39 is 15.9 Å². The number of aryl methyl sites for hydroxylation is 1. The second kappa shape index (κ2) is 9.07. The Hall–Kier alpha value is -3.65. The van der Waals surface area contributed by atoms with E-state index >= 15 is 0 Å². The summed E-state index contributed by atoms with van der Waals surface area (Å²) in [5.74, 6) is -0.862. The van der Waals surface area contributed by atoms with Gasteiger partial charge in [-0.2, -0.15) is 0 Å². The van der Waals surface area contributed by atoms with E-state index in [-0.39, 0.29) is 22.9 Å². The number of anilines is 1. The zero-order chi connectivity index (χ0) is 23.6. The molecule has 1 heterocycles. The van der Waals surface area contributed by atoms with Gasteiger partial charge in [0.15, 0.2) is 0 Å². The summed E-state index contributed by atoms with van der Waals surface area (Å²) in [7, 11) is -2.19. The maximum atomic E-state index is 13.4. The van der Waals surface area contributed by atoms with Crippen LogP contribution in [-0.4, -0.2) is 38.7 Å². The SMILES string of the molecule is CN(Cc1cccc(C(N)=O)c1)C(=O)c1cccc(S(=O)(=O)N2CCCc3ccccc32)c1. The van der Waals surface area contributed by atoms with Gasteiger partial charge in [0, 0.05) is 31.3 Å². The van der Waals surface area contributed by atoms with Gasteiger partial charge in [-0.15, -0.1) is 0 Å². The Morgan fingerprint density at radius 3 is 2.48 bits per heavy atom. The van der Waals surface area contributed by atoms with Crippen molar-refractivity contribution in [1.29, 1.82) is 0 Å². The minimum Gasteiger partial charge on any atom is -0.366 e. The molecule has 0 bridgehead atoms. The van der Waals surface area contributed by atoms with E-state index in [1.54, 1.807) is 43.4 Å². The fourth-order valence-electron chi connectivity index (χ4n) is 4.05. The Morgan fingerprint density at radius 1 is 0.970 bits per heavy atom. The number of primary amides is 1. The summed E-state index contributed by atoms with van der Waals surface area (Å²) >= 11 is 0. The molecule has 4 rings (SSSR count). The van der Waals surface area contributed by atoms with E-state index in [0.29, 0.717) is 17.8 Å². The summed E-state index contributed by atoms with van der Waals surface area (Å²) in [6.07, 6.45) is 1.57. The van der Waals surface area contributed by atoms with Crippen LogP contribution >= 0.6 is 0 Å². The van der Waals surface area contributed by atoms with Crippen LogP contribution in [0.15, 0.2) is 77.7 Å². The van der Waals surface area contributed by atoms with Crippen LogP contribution in [0.2, 0.25) is 0 Å². The average molecular weight is 464 g/mol. The molecule has 170 valence electrons. The summed E-state index contributed by atoms with van der Waals surface area (Å²) in [5, 5.41) is 0. The molecular formula is C25H25N3O4S. The second-order valence-electron chi connectivity index (χ2n) is 8.06. The zero-order valence-electron chi connectivity index (χ0n) is 18.3. The fraction of sp³-hybridized carbons (Fsp3) is 0.200. The highest BCUT2D eigenvalue weighted by Crippen LogP contribution is 2.32. The highest BCUT2D eigenvalue weighted by Gasteiger charge is 2.29. The summed E-state index contributed by atoms with van der Waals surface area (Å²) < 4.78 is 28.3. The number of carbonyl (C=O) groups is 2. The summed E-state index contributed by atoms with van der Waals surface area (Å²) in [5.41, 5.74) is 8.40. The number of benzene rings is 3. The second-order valence-corrected chi connectivity index (χ2v) is 9.93. The van der Waals surface area contributed by atoms with Gasteiger partial charge >= 0.3 is 0 Å². The number of hydrogen-bond donors (Lipinski definition) is 1. The molecule has 2 N–H and O–H groups in total. The molecule has 3 aromatic rings. The number of fused-ring (bicyclic) bond motifs is 1. The van der Waals surface area contributed by atoms with E-state index in [9.17, 15) is 18.0 Å². The molecule has 0 aromatic heterocycles. The highest BCUT2D eigenvalue weighted by atomic mass is 32.2. The smallest absolute Gasteiger partial charge is 0.264 e. The van der Waals surface area contributed by atoms with Crippen molar-refractivity contribution in [2.45, 2.75) is 24.3 Å². The lowest BCUT2D eigenvalue weighted by Crippen LogP contribution is -2.35. The largest absolute Gasteiger partial charge is 0.366 e. The lowest BCUT2D eigenvalue weighted by molar-refractivity contribution is 0.0785. The molecule has 1 aliphatic rings. The molecule has 33 heavy (non-hydrogen) atoms. The van der Waals surface area contributed by atoms with Crippen LogP contribution in [0, 0.1) is 0 Å². The Labute approximate surface area is 193 Å². The molecule has 0 saturated heterocycles. The van der Waals surface area contributed by atoms with Crippen molar-refractivity contribution in [2.75, 3.05) is 17.9 Å². The molecule has 8 heteroatoms. The van der Waals surface area contributed by atoms with Crippen molar-refractivity contribution in [3.05, 3.63) is 95.1 Å². The van der Waals surface area contributed by atoms with Crippen LogP contribution in [0.4, 0.5) is 5.69 Å². The van der Waals surface area contributed by atoms with Crippen molar-refractivity contribution in [1.82, 2.24) is 4.90 Å². The predicted octanol–water partition coefficient (Wildman–Crippen LogP) is 3.20. The zero-order valence-corrected chi connectivity index (χ0v) is 19.1. The minimum atomic E-state index is -3.82. The molecule has 0 radical (unpaired) electrons. The van der Waals surface area contributed by atoms with Crippen molar-refractivity contribution in [3.63, 3.8) is 0 Å². The number of para-hydroxylation sites is 1. The van der Waals surface area contributed by atoms with E-state index in [2.05, 4.69) is 0 Å². The summed E-state index contributed by atoms with van der Waals surface area (Å²) in [6, 6.07) is 20.4. The van der Waals surface area contributed by atoms with Gasteiger partial charge in [-0.05, 0) is 60.4 Å². The quantitative estimate of drug-likeness (QED) is 0.607. The van der Waals surface area contributed by atoms with Crippen molar-refractivity contribution < 1.29 is 18.0 Å².